The number of hydrogen-bond acceptors (Lipinski definition) is 3. The number of rotatable bonds is 2. The quantitative estimate of drug-likeness (QED) is 0.807. The molecule has 0 aliphatic heterocycles. The van der Waals surface area contributed by atoms with Crippen molar-refractivity contribution in [1.29, 1.82) is 0 Å². The Labute approximate surface area is 147 Å². The van der Waals surface area contributed by atoms with Crippen LogP contribution < -0.4 is 0 Å². The van der Waals surface area contributed by atoms with Gasteiger partial charge in [0.1, 0.15) is 0 Å². The van der Waals surface area contributed by atoms with Crippen LogP contribution in [0.1, 0.15) is 71.6 Å². The van der Waals surface area contributed by atoms with E-state index in [1.807, 2.05) is 14.0 Å². The largest absolute Gasteiger partial charge is 0.393 e. The molecule has 4 rings (SSSR count). The lowest BCUT2D eigenvalue weighted by Crippen LogP contribution is -2.58. The zero-order valence-electron chi connectivity index (χ0n) is 15.8. The summed E-state index contributed by atoms with van der Waals surface area (Å²) in [6.45, 7) is 5.24. The molecule has 4 fully saturated rings. The number of hydrogen-bond donors (Lipinski definition) is 2. The van der Waals surface area contributed by atoms with Crippen molar-refractivity contribution in [2.24, 2.45) is 34.5 Å². The normalized spacial score (nSPS) is 57.1. The highest BCUT2D eigenvalue weighted by Gasteiger charge is 2.62. The monoisotopic (exact) mass is 336 g/mol. The van der Waals surface area contributed by atoms with E-state index in [1.54, 1.807) is 0 Å². The molecule has 4 aliphatic rings. The van der Waals surface area contributed by atoms with Crippen molar-refractivity contribution in [1.82, 2.24) is 0 Å². The van der Waals surface area contributed by atoms with Gasteiger partial charge < -0.3 is 14.9 Å². The Bertz CT molecular complexity index is 489. The topological polar surface area (TPSA) is 49.7 Å². The number of fused-ring (bicyclic) bond motifs is 5. The number of aliphatic hydroxyl groups is 2. The van der Waals surface area contributed by atoms with Crippen molar-refractivity contribution in [3.63, 3.8) is 0 Å². The zero-order valence-corrected chi connectivity index (χ0v) is 15.8. The Morgan fingerprint density at radius 2 is 1.75 bits per heavy atom. The van der Waals surface area contributed by atoms with Crippen LogP contribution in [0.15, 0.2) is 0 Å². The molecule has 0 aromatic rings. The second-order valence-corrected chi connectivity index (χ2v) is 10.2. The van der Waals surface area contributed by atoms with Crippen molar-refractivity contribution in [2.75, 3.05) is 13.7 Å². The minimum atomic E-state index is -0.485. The van der Waals surface area contributed by atoms with Crippen LogP contribution in [0.3, 0.4) is 0 Å². The molecule has 0 aromatic heterocycles. The summed E-state index contributed by atoms with van der Waals surface area (Å²) < 4.78 is 5.79. The van der Waals surface area contributed by atoms with E-state index in [9.17, 15) is 10.2 Å². The van der Waals surface area contributed by atoms with E-state index in [-0.39, 0.29) is 16.9 Å². The second-order valence-electron chi connectivity index (χ2n) is 10.2. The fraction of sp³-hybridized carbons (Fsp3) is 1.00. The first-order chi connectivity index (χ1) is 11.3. The van der Waals surface area contributed by atoms with E-state index in [0.29, 0.717) is 11.8 Å². The highest BCUT2D eigenvalue weighted by atomic mass is 16.5. The Morgan fingerprint density at radius 3 is 2.50 bits per heavy atom. The smallest absolute Gasteiger partial charge is 0.0622 e. The summed E-state index contributed by atoms with van der Waals surface area (Å²) in [6.07, 6.45) is 10.1. The van der Waals surface area contributed by atoms with Gasteiger partial charge in [0.2, 0.25) is 0 Å². The molecule has 3 heteroatoms. The van der Waals surface area contributed by atoms with Crippen LogP contribution in [0.5, 0.6) is 0 Å². The van der Waals surface area contributed by atoms with Gasteiger partial charge in [0.25, 0.3) is 0 Å². The van der Waals surface area contributed by atoms with Gasteiger partial charge in [-0.05, 0) is 99.2 Å². The van der Waals surface area contributed by atoms with Crippen LogP contribution in [0.2, 0.25) is 0 Å². The SMILES string of the molecule is COC[C@]12CC[C@@](C)(O)C[C@@H]1CC[C@@H]1[C@@H]2CC[C@]2(C)C(O)CC[C@@H]12. The van der Waals surface area contributed by atoms with Crippen LogP contribution >= 0.6 is 0 Å². The van der Waals surface area contributed by atoms with E-state index < -0.39 is 5.60 Å². The maximum atomic E-state index is 10.6. The van der Waals surface area contributed by atoms with Crippen LogP contribution in [-0.2, 0) is 4.74 Å². The van der Waals surface area contributed by atoms with E-state index in [2.05, 4.69) is 6.92 Å². The van der Waals surface area contributed by atoms with Gasteiger partial charge in [0, 0.05) is 7.11 Å². The third kappa shape index (κ3) is 2.34. The maximum Gasteiger partial charge on any atom is 0.0622 e. The summed E-state index contributed by atoms with van der Waals surface area (Å²) in [6, 6.07) is 0. The summed E-state index contributed by atoms with van der Waals surface area (Å²) >= 11 is 0. The predicted molar refractivity (Wildman–Crippen MR) is 94.6 cm³/mol. The molecule has 2 N–H and O–H groups in total. The molecule has 0 saturated heterocycles. The van der Waals surface area contributed by atoms with Crippen LogP contribution in [0.25, 0.3) is 0 Å². The van der Waals surface area contributed by atoms with Crippen LogP contribution in [-0.4, -0.2) is 35.6 Å². The van der Waals surface area contributed by atoms with Gasteiger partial charge in [-0.15, -0.1) is 0 Å². The molecule has 0 aromatic carbocycles. The predicted octanol–water partition coefficient (Wildman–Crippen LogP) is 3.77. The third-order valence-electron chi connectivity index (χ3n) is 9.02. The van der Waals surface area contributed by atoms with E-state index in [1.165, 1.54) is 32.1 Å². The first-order valence-corrected chi connectivity index (χ1v) is 10.2. The van der Waals surface area contributed by atoms with Crippen molar-refractivity contribution in [2.45, 2.75) is 83.3 Å². The van der Waals surface area contributed by atoms with Crippen molar-refractivity contribution >= 4 is 0 Å². The van der Waals surface area contributed by atoms with Gasteiger partial charge in [0.15, 0.2) is 0 Å². The Balaban J connectivity index is 1.65. The molecule has 0 amide bonds. The van der Waals surface area contributed by atoms with Gasteiger partial charge >= 0.3 is 0 Å². The highest BCUT2D eigenvalue weighted by Crippen LogP contribution is 2.66. The standard InChI is InChI=1S/C21H36O3/c1-19(23)10-11-21(13-24-3)14(12-19)4-5-15-16-6-7-18(22)20(16,2)9-8-17(15)21/h14-18,22-23H,4-13H2,1-3H3/t14-,15-,16-,17-,18?,19+,20-,21+/m0/s1. The Kier molecular flexibility index (Phi) is 4.10. The van der Waals surface area contributed by atoms with Gasteiger partial charge in [0.05, 0.1) is 18.3 Å². The minimum Gasteiger partial charge on any atom is -0.393 e. The van der Waals surface area contributed by atoms with Crippen molar-refractivity contribution in [3.05, 3.63) is 0 Å². The Hall–Kier alpha value is -0.120. The van der Waals surface area contributed by atoms with E-state index in [4.69, 9.17) is 4.74 Å². The second kappa shape index (κ2) is 5.69. The molecule has 0 bridgehead atoms. The van der Waals surface area contributed by atoms with Gasteiger partial charge in [-0.2, -0.15) is 0 Å². The Morgan fingerprint density at radius 1 is 0.958 bits per heavy atom. The van der Waals surface area contributed by atoms with E-state index in [0.717, 1.165) is 44.1 Å². The fourth-order valence-corrected chi connectivity index (χ4v) is 7.76. The molecular weight excluding hydrogens is 300 g/mol. The number of ether oxygens (including phenoxy) is 1. The van der Waals surface area contributed by atoms with Crippen LogP contribution in [0, 0.1) is 34.5 Å². The third-order valence-corrected chi connectivity index (χ3v) is 9.02. The summed E-state index contributed by atoms with van der Waals surface area (Å²) in [5, 5.41) is 21.2. The number of aliphatic hydroxyl groups excluding tert-OH is 1. The van der Waals surface area contributed by atoms with Crippen molar-refractivity contribution < 1.29 is 14.9 Å². The maximum absolute atomic E-state index is 10.6. The molecule has 4 aliphatic carbocycles. The molecule has 3 nitrogen and oxygen atoms in total. The molecular formula is C21H36O3. The first-order valence-electron chi connectivity index (χ1n) is 10.2. The molecule has 8 atom stereocenters. The van der Waals surface area contributed by atoms with Crippen LogP contribution in [0.4, 0.5) is 0 Å². The molecule has 0 radical (unpaired) electrons. The van der Waals surface area contributed by atoms with Gasteiger partial charge in [-0.25, -0.2) is 0 Å². The average molecular weight is 337 g/mol. The molecule has 0 spiro atoms. The summed E-state index contributed by atoms with van der Waals surface area (Å²) in [4.78, 5) is 0. The number of methoxy groups -OCH3 is 1. The van der Waals surface area contributed by atoms with Crippen molar-refractivity contribution in [3.8, 4) is 0 Å². The highest BCUT2D eigenvalue weighted by molar-refractivity contribution is 5.11. The lowest BCUT2D eigenvalue weighted by atomic mass is 9.44. The molecule has 138 valence electrons. The first kappa shape index (κ1) is 17.3. The summed E-state index contributed by atoms with van der Waals surface area (Å²) in [5.41, 5.74) is -0.0569. The van der Waals surface area contributed by atoms with Gasteiger partial charge in [-0.3, -0.25) is 0 Å². The molecule has 24 heavy (non-hydrogen) atoms. The molecule has 0 heterocycles. The summed E-state index contributed by atoms with van der Waals surface area (Å²) in [5.74, 6) is 2.80. The molecule has 4 saturated carbocycles. The zero-order chi connectivity index (χ0) is 17.2. The summed E-state index contributed by atoms with van der Waals surface area (Å²) in [7, 11) is 1.86. The lowest BCUT2D eigenvalue weighted by Gasteiger charge is -2.62. The minimum absolute atomic E-state index is 0.0911. The van der Waals surface area contributed by atoms with E-state index >= 15 is 0 Å². The average Bonchev–Trinajstić information content (AvgIpc) is 2.83. The van der Waals surface area contributed by atoms with Gasteiger partial charge in [-0.1, -0.05) is 6.92 Å². The molecule has 1 unspecified atom stereocenters. The fourth-order valence-electron chi connectivity index (χ4n) is 7.76. The lowest BCUT2D eigenvalue weighted by molar-refractivity contribution is -0.177.